The molecule has 0 heterocycles. The molecule has 8 heteroatoms. The second kappa shape index (κ2) is 4.64. The molecule has 0 aromatic heterocycles. The van der Waals surface area contributed by atoms with Crippen molar-refractivity contribution in [2.75, 3.05) is 5.75 Å². The summed E-state index contributed by atoms with van der Waals surface area (Å²) in [6.07, 6.45) is -6.10. The van der Waals surface area contributed by atoms with Crippen molar-refractivity contribution in [3.05, 3.63) is 0 Å². The molecule has 0 amide bonds. The van der Waals surface area contributed by atoms with Gasteiger partial charge in [-0.05, 0) is 39.5 Å². The summed E-state index contributed by atoms with van der Waals surface area (Å²) in [5.74, 6) is -0.230. The average molecular weight is 290 g/mol. The Morgan fingerprint density at radius 1 is 1.22 bits per heavy atom. The number of halogens is 3. The summed E-state index contributed by atoms with van der Waals surface area (Å²) in [5.41, 5.74) is -3.89. The second-order valence-corrected chi connectivity index (χ2v) is 6.77. The molecule has 0 bridgehead atoms. The van der Waals surface area contributed by atoms with Gasteiger partial charge in [-0.15, -0.1) is 0 Å². The summed E-state index contributed by atoms with van der Waals surface area (Å²) in [6.45, 7) is 2.85. The highest BCUT2D eigenvalue weighted by molar-refractivity contribution is 7.86. The summed E-state index contributed by atoms with van der Waals surface area (Å²) in [6, 6.07) is 0. The highest BCUT2D eigenvalue weighted by atomic mass is 32.2. The van der Waals surface area contributed by atoms with Gasteiger partial charge in [0.25, 0.3) is 10.1 Å². The first kappa shape index (κ1) is 15.7. The van der Waals surface area contributed by atoms with Gasteiger partial charge >= 0.3 is 6.18 Å². The maximum atomic E-state index is 12.6. The lowest BCUT2D eigenvalue weighted by molar-refractivity contribution is -0.276. The van der Waals surface area contributed by atoms with Gasteiger partial charge in [0.05, 0.1) is 11.4 Å². The predicted molar refractivity (Wildman–Crippen MR) is 58.4 cm³/mol. The van der Waals surface area contributed by atoms with E-state index in [-0.39, 0.29) is 18.6 Å². The van der Waals surface area contributed by atoms with Gasteiger partial charge in [-0.25, -0.2) is 0 Å². The van der Waals surface area contributed by atoms with Gasteiger partial charge < -0.3 is 5.11 Å². The van der Waals surface area contributed by atoms with Crippen LogP contribution in [0, 0.1) is 0 Å². The summed E-state index contributed by atoms with van der Waals surface area (Å²) < 4.78 is 65.3. The first-order valence-electron chi connectivity index (χ1n) is 5.65. The van der Waals surface area contributed by atoms with Gasteiger partial charge in [0.15, 0.2) is 5.60 Å². The molecule has 0 aromatic rings. The van der Waals surface area contributed by atoms with Crippen LogP contribution in [0.25, 0.3) is 0 Å². The zero-order valence-corrected chi connectivity index (χ0v) is 11.1. The van der Waals surface area contributed by atoms with E-state index < -0.39 is 40.3 Å². The normalized spacial score (nSPS) is 34.6. The summed E-state index contributed by atoms with van der Waals surface area (Å²) in [5, 5.41) is 9.47. The van der Waals surface area contributed by atoms with Crippen LogP contribution < -0.4 is 0 Å². The van der Waals surface area contributed by atoms with Gasteiger partial charge in [-0.1, -0.05) is 0 Å². The molecule has 108 valence electrons. The van der Waals surface area contributed by atoms with Gasteiger partial charge in [-0.2, -0.15) is 21.6 Å². The largest absolute Gasteiger partial charge is 0.417 e. The SMILES string of the molecule is CCS(=O)(=O)OC1(C)CCC(O)(C(F)(F)F)CC1. The molecule has 0 radical (unpaired) electrons. The number of hydrogen-bond acceptors (Lipinski definition) is 4. The predicted octanol–water partition coefficient (Wildman–Crippen LogP) is 1.98. The molecular formula is C10H17F3O4S. The maximum Gasteiger partial charge on any atom is 0.417 e. The molecule has 0 atom stereocenters. The van der Waals surface area contributed by atoms with E-state index in [2.05, 4.69) is 0 Å². The van der Waals surface area contributed by atoms with Crippen molar-refractivity contribution in [3.63, 3.8) is 0 Å². The monoisotopic (exact) mass is 290 g/mol. The summed E-state index contributed by atoms with van der Waals surface area (Å²) >= 11 is 0. The molecule has 0 unspecified atom stereocenters. The van der Waals surface area contributed by atoms with Crippen LogP contribution in [0.5, 0.6) is 0 Å². The minimum absolute atomic E-state index is 0.151. The summed E-state index contributed by atoms with van der Waals surface area (Å²) in [7, 11) is -3.71. The van der Waals surface area contributed by atoms with E-state index in [0.717, 1.165) is 0 Å². The van der Waals surface area contributed by atoms with Crippen LogP contribution in [0.3, 0.4) is 0 Å². The lowest BCUT2D eigenvalue weighted by Crippen LogP contribution is -2.52. The number of hydrogen-bond donors (Lipinski definition) is 1. The first-order valence-corrected chi connectivity index (χ1v) is 7.23. The Morgan fingerprint density at radius 2 is 1.67 bits per heavy atom. The molecule has 1 N–H and O–H groups in total. The Kier molecular flexibility index (Phi) is 4.06. The third-order valence-corrected chi connectivity index (χ3v) is 4.71. The summed E-state index contributed by atoms with van der Waals surface area (Å²) in [4.78, 5) is 0. The highest BCUT2D eigenvalue weighted by Gasteiger charge is 2.57. The molecule has 18 heavy (non-hydrogen) atoms. The van der Waals surface area contributed by atoms with Crippen LogP contribution in [0.15, 0.2) is 0 Å². The standard InChI is InChI=1S/C10H17F3O4S/c1-3-18(15,16)17-8(2)4-6-9(14,7-5-8)10(11,12)13/h14H,3-7H2,1-2H3. The Hall–Kier alpha value is -0.340. The Bertz CT molecular complexity index is 394. The van der Waals surface area contributed by atoms with E-state index in [1.807, 2.05) is 0 Å². The molecule has 4 nitrogen and oxygen atoms in total. The van der Waals surface area contributed by atoms with Gasteiger partial charge in [-0.3, -0.25) is 4.18 Å². The lowest BCUT2D eigenvalue weighted by atomic mass is 9.76. The quantitative estimate of drug-likeness (QED) is 0.807. The molecule has 1 saturated carbocycles. The van der Waals surface area contributed by atoms with Crippen LogP contribution in [-0.2, 0) is 14.3 Å². The first-order chi connectivity index (χ1) is 7.93. The molecule has 0 aromatic carbocycles. The van der Waals surface area contributed by atoms with Crippen LogP contribution in [0.4, 0.5) is 13.2 Å². The highest BCUT2D eigenvalue weighted by Crippen LogP contribution is 2.45. The maximum absolute atomic E-state index is 12.6. The number of aliphatic hydroxyl groups is 1. The van der Waals surface area contributed by atoms with E-state index in [1.54, 1.807) is 0 Å². The minimum atomic E-state index is -4.70. The van der Waals surface area contributed by atoms with Crippen molar-refractivity contribution in [2.45, 2.75) is 56.9 Å². The van der Waals surface area contributed by atoms with Crippen molar-refractivity contribution in [3.8, 4) is 0 Å². The van der Waals surface area contributed by atoms with Crippen molar-refractivity contribution < 1.29 is 30.9 Å². The topological polar surface area (TPSA) is 63.6 Å². The van der Waals surface area contributed by atoms with Crippen molar-refractivity contribution in [1.82, 2.24) is 0 Å². The zero-order valence-electron chi connectivity index (χ0n) is 10.2. The van der Waals surface area contributed by atoms with Gasteiger partial charge in [0.1, 0.15) is 0 Å². The minimum Gasteiger partial charge on any atom is -0.380 e. The van der Waals surface area contributed by atoms with E-state index >= 15 is 0 Å². The fourth-order valence-corrected chi connectivity index (χ4v) is 2.82. The molecule has 0 spiro atoms. The average Bonchev–Trinajstić information content (AvgIpc) is 2.21. The fourth-order valence-electron chi connectivity index (χ4n) is 1.92. The van der Waals surface area contributed by atoms with Gasteiger partial charge in [0, 0.05) is 0 Å². The van der Waals surface area contributed by atoms with Crippen molar-refractivity contribution in [1.29, 1.82) is 0 Å². The fraction of sp³-hybridized carbons (Fsp3) is 1.00. The van der Waals surface area contributed by atoms with E-state index in [9.17, 15) is 26.7 Å². The molecule has 1 fully saturated rings. The third kappa shape index (κ3) is 3.36. The van der Waals surface area contributed by atoms with Gasteiger partial charge in [0.2, 0.25) is 0 Å². The van der Waals surface area contributed by atoms with Crippen molar-refractivity contribution >= 4 is 10.1 Å². The second-order valence-electron chi connectivity index (χ2n) is 4.91. The number of alkyl halides is 3. The molecule has 1 rings (SSSR count). The van der Waals surface area contributed by atoms with E-state index in [4.69, 9.17) is 4.18 Å². The Balaban J connectivity index is 2.74. The Labute approximate surface area is 104 Å². The van der Waals surface area contributed by atoms with E-state index in [1.165, 1.54) is 13.8 Å². The number of rotatable bonds is 3. The molecular weight excluding hydrogens is 273 g/mol. The van der Waals surface area contributed by atoms with Crippen LogP contribution in [0.1, 0.15) is 39.5 Å². The zero-order chi connectivity index (χ0) is 14.2. The smallest absolute Gasteiger partial charge is 0.380 e. The third-order valence-electron chi connectivity index (χ3n) is 3.34. The molecule has 1 aliphatic rings. The van der Waals surface area contributed by atoms with Crippen LogP contribution >= 0.6 is 0 Å². The van der Waals surface area contributed by atoms with E-state index in [0.29, 0.717) is 0 Å². The Morgan fingerprint density at radius 3 is 2.00 bits per heavy atom. The van der Waals surface area contributed by atoms with Crippen molar-refractivity contribution in [2.24, 2.45) is 0 Å². The van der Waals surface area contributed by atoms with Crippen LogP contribution in [0.2, 0.25) is 0 Å². The molecule has 0 aliphatic heterocycles. The van der Waals surface area contributed by atoms with Crippen LogP contribution in [-0.4, -0.2) is 36.7 Å². The molecule has 0 saturated heterocycles. The molecule has 1 aliphatic carbocycles. The lowest BCUT2D eigenvalue weighted by Gasteiger charge is -2.41.